The minimum absolute atomic E-state index is 0.630. The lowest BCUT2D eigenvalue weighted by molar-refractivity contribution is 0.640. The number of nitrogens with one attached hydrogen (secondary N) is 1. The lowest BCUT2D eigenvalue weighted by Gasteiger charge is -1.99. The van der Waals surface area contributed by atoms with Crippen molar-refractivity contribution in [3.8, 4) is 0 Å². The quantitative estimate of drug-likeness (QED) is 0.887. The molecule has 0 bridgehead atoms. The van der Waals surface area contributed by atoms with Gasteiger partial charge < -0.3 is 9.88 Å². The molecule has 0 aliphatic carbocycles. The summed E-state index contributed by atoms with van der Waals surface area (Å²) < 4.78 is 2.04. The molecular weight excluding hydrogens is 232 g/mol. The Labute approximate surface area is 106 Å². The molecule has 0 amide bonds. The van der Waals surface area contributed by atoms with Crippen LogP contribution in [0, 0.1) is 5.92 Å². The van der Waals surface area contributed by atoms with Crippen molar-refractivity contribution in [1.82, 2.24) is 14.8 Å². The van der Waals surface area contributed by atoms with E-state index in [1.165, 1.54) is 5.56 Å². The molecule has 2 aromatic rings. The molecule has 4 nitrogen and oxygen atoms in total. The Balaban J connectivity index is 1.89. The highest BCUT2D eigenvalue weighted by atomic mass is 32.1. The van der Waals surface area contributed by atoms with Gasteiger partial charge in [0.15, 0.2) is 0 Å². The maximum atomic E-state index is 4.17. The first-order valence-corrected chi connectivity index (χ1v) is 6.62. The van der Waals surface area contributed by atoms with Crippen molar-refractivity contribution < 1.29 is 0 Å². The van der Waals surface area contributed by atoms with E-state index in [0.717, 1.165) is 23.1 Å². The van der Waals surface area contributed by atoms with Crippen LogP contribution in [0.2, 0.25) is 0 Å². The van der Waals surface area contributed by atoms with Gasteiger partial charge in [-0.15, -0.1) is 10.2 Å². The van der Waals surface area contributed by atoms with Crippen LogP contribution in [0.15, 0.2) is 18.5 Å². The van der Waals surface area contributed by atoms with Gasteiger partial charge >= 0.3 is 0 Å². The second-order valence-electron chi connectivity index (χ2n) is 4.64. The van der Waals surface area contributed by atoms with E-state index in [1.54, 1.807) is 11.3 Å². The Morgan fingerprint density at radius 3 is 2.88 bits per heavy atom. The average Bonchev–Trinajstić information content (AvgIpc) is 2.84. The van der Waals surface area contributed by atoms with Crippen molar-refractivity contribution in [2.24, 2.45) is 13.0 Å². The molecule has 0 saturated carbocycles. The fourth-order valence-electron chi connectivity index (χ4n) is 1.60. The van der Waals surface area contributed by atoms with Crippen LogP contribution in [0.1, 0.15) is 24.4 Å². The first kappa shape index (κ1) is 12.1. The summed E-state index contributed by atoms with van der Waals surface area (Å²) in [6.07, 6.45) is 5.15. The molecule has 0 saturated heterocycles. The van der Waals surface area contributed by atoms with Crippen molar-refractivity contribution in [2.75, 3.05) is 5.32 Å². The van der Waals surface area contributed by atoms with Gasteiger partial charge in [0.2, 0.25) is 5.13 Å². The van der Waals surface area contributed by atoms with Crippen LogP contribution >= 0.6 is 11.3 Å². The van der Waals surface area contributed by atoms with Gasteiger partial charge in [-0.05, 0) is 17.5 Å². The lowest BCUT2D eigenvalue weighted by Crippen LogP contribution is -1.97. The van der Waals surface area contributed by atoms with Crippen LogP contribution in [-0.2, 0) is 20.0 Å². The predicted molar refractivity (Wildman–Crippen MR) is 71.2 cm³/mol. The minimum atomic E-state index is 0.630. The Bertz CT molecular complexity index is 472. The van der Waals surface area contributed by atoms with E-state index in [-0.39, 0.29) is 0 Å². The fourth-order valence-corrected chi connectivity index (χ4v) is 2.55. The molecule has 0 unspecified atom stereocenters. The van der Waals surface area contributed by atoms with E-state index in [1.807, 2.05) is 17.8 Å². The van der Waals surface area contributed by atoms with Crippen molar-refractivity contribution in [3.63, 3.8) is 0 Å². The molecule has 2 aromatic heterocycles. The first-order chi connectivity index (χ1) is 8.13. The molecule has 92 valence electrons. The molecule has 1 N–H and O–H groups in total. The summed E-state index contributed by atoms with van der Waals surface area (Å²) in [6.45, 7) is 5.19. The summed E-state index contributed by atoms with van der Waals surface area (Å²) in [5, 5.41) is 13.6. The zero-order chi connectivity index (χ0) is 12.3. The normalized spacial score (nSPS) is 11.1. The topological polar surface area (TPSA) is 42.7 Å². The Hall–Kier alpha value is -1.36. The number of aryl methyl sites for hydroxylation is 1. The van der Waals surface area contributed by atoms with Gasteiger partial charge in [0.1, 0.15) is 5.01 Å². The predicted octanol–water partition coefficient (Wildman–Crippen LogP) is 2.69. The van der Waals surface area contributed by atoms with Crippen LogP contribution in [0.4, 0.5) is 5.13 Å². The van der Waals surface area contributed by atoms with Crippen molar-refractivity contribution in [1.29, 1.82) is 0 Å². The smallest absolute Gasteiger partial charge is 0.205 e. The molecule has 0 aromatic carbocycles. The molecular formula is C12H18N4S. The first-order valence-electron chi connectivity index (χ1n) is 5.80. The van der Waals surface area contributed by atoms with Crippen molar-refractivity contribution >= 4 is 16.5 Å². The third kappa shape index (κ3) is 3.56. The highest BCUT2D eigenvalue weighted by Crippen LogP contribution is 2.18. The molecule has 0 aliphatic rings. The number of aromatic nitrogens is 3. The second-order valence-corrected chi connectivity index (χ2v) is 5.70. The lowest BCUT2D eigenvalue weighted by atomic mass is 10.1. The van der Waals surface area contributed by atoms with Gasteiger partial charge in [-0.2, -0.15) is 0 Å². The molecule has 2 heterocycles. The van der Waals surface area contributed by atoms with Crippen molar-refractivity contribution in [2.45, 2.75) is 26.8 Å². The minimum Gasteiger partial charge on any atom is -0.357 e. The molecule has 2 rings (SSSR count). The number of rotatable bonds is 5. The summed E-state index contributed by atoms with van der Waals surface area (Å²) >= 11 is 1.65. The third-order valence-corrected chi connectivity index (χ3v) is 3.29. The highest BCUT2D eigenvalue weighted by molar-refractivity contribution is 7.15. The van der Waals surface area contributed by atoms with E-state index in [4.69, 9.17) is 0 Å². The molecule has 0 spiro atoms. The molecule has 0 atom stereocenters. The zero-order valence-electron chi connectivity index (χ0n) is 10.5. The van der Waals surface area contributed by atoms with Gasteiger partial charge in [0, 0.05) is 32.4 Å². The summed E-state index contributed by atoms with van der Waals surface area (Å²) in [5.41, 5.74) is 1.26. The fraction of sp³-hybridized carbons (Fsp3) is 0.500. The van der Waals surface area contributed by atoms with E-state index in [0.29, 0.717) is 5.92 Å². The van der Waals surface area contributed by atoms with Gasteiger partial charge in [-0.3, -0.25) is 0 Å². The summed E-state index contributed by atoms with van der Waals surface area (Å²) in [7, 11) is 2.02. The second kappa shape index (κ2) is 5.31. The zero-order valence-corrected chi connectivity index (χ0v) is 11.3. The van der Waals surface area contributed by atoms with Crippen LogP contribution < -0.4 is 5.32 Å². The van der Waals surface area contributed by atoms with Gasteiger partial charge in [-0.1, -0.05) is 25.2 Å². The summed E-state index contributed by atoms with van der Waals surface area (Å²) in [6, 6.07) is 2.10. The monoisotopic (exact) mass is 250 g/mol. The van der Waals surface area contributed by atoms with E-state index >= 15 is 0 Å². The SMILES string of the molecule is CC(C)Cc1nnc(NCc2ccn(C)c2)s1. The maximum absolute atomic E-state index is 4.17. The molecule has 0 fully saturated rings. The Morgan fingerprint density at radius 1 is 1.41 bits per heavy atom. The van der Waals surface area contributed by atoms with Crippen LogP contribution in [-0.4, -0.2) is 14.8 Å². The van der Waals surface area contributed by atoms with Gasteiger partial charge in [-0.25, -0.2) is 0 Å². The summed E-state index contributed by atoms with van der Waals surface area (Å²) in [5.74, 6) is 0.630. The van der Waals surface area contributed by atoms with Crippen LogP contribution in [0.25, 0.3) is 0 Å². The van der Waals surface area contributed by atoms with E-state index in [9.17, 15) is 0 Å². The summed E-state index contributed by atoms with van der Waals surface area (Å²) in [4.78, 5) is 0. The largest absolute Gasteiger partial charge is 0.357 e. The van der Waals surface area contributed by atoms with Crippen molar-refractivity contribution in [3.05, 3.63) is 29.0 Å². The maximum Gasteiger partial charge on any atom is 0.205 e. The molecule has 0 radical (unpaired) electrons. The van der Waals surface area contributed by atoms with Gasteiger partial charge in [0.25, 0.3) is 0 Å². The average molecular weight is 250 g/mol. The molecule has 17 heavy (non-hydrogen) atoms. The highest BCUT2D eigenvalue weighted by Gasteiger charge is 2.05. The number of hydrogen-bond acceptors (Lipinski definition) is 4. The van der Waals surface area contributed by atoms with Gasteiger partial charge in [0.05, 0.1) is 0 Å². The molecule has 0 aliphatic heterocycles. The van der Waals surface area contributed by atoms with E-state index < -0.39 is 0 Å². The van der Waals surface area contributed by atoms with Crippen LogP contribution in [0.5, 0.6) is 0 Å². The van der Waals surface area contributed by atoms with Crippen LogP contribution in [0.3, 0.4) is 0 Å². The number of hydrogen-bond donors (Lipinski definition) is 1. The number of nitrogens with zero attached hydrogens (tertiary/aromatic N) is 3. The Morgan fingerprint density at radius 2 is 2.24 bits per heavy atom. The number of anilines is 1. The van der Waals surface area contributed by atoms with E-state index in [2.05, 4.69) is 41.6 Å². The Kier molecular flexibility index (Phi) is 3.78. The third-order valence-electron chi connectivity index (χ3n) is 2.39. The molecule has 5 heteroatoms. The standard InChI is InChI=1S/C12H18N4S/c1-9(2)6-11-14-15-12(17-11)13-7-10-4-5-16(3)8-10/h4-5,8-9H,6-7H2,1-3H3,(H,13,15).